The number of aryl methyl sites for hydroxylation is 2. The molecule has 1 unspecified atom stereocenters. The van der Waals surface area contributed by atoms with Crippen LogP contribution in [0.2, 0.25) is 0 Å². The Balaban J connectivity index is 1.67. The van der Waals surface area contributed by atoms with E-state index in [1.54, 1.807) is 36.8 Å². The number of fused-ring (bicyclic) bond motifs is 3. The van der Waals surface area contributed by atoms with Gasteiger partial charge in [-0.3, -0.25) is 9.36 Å². The molecule has 3 heterocycles. The molecule has 2 aromatic heterocycles. The van der Waals surface area contributed by atoms with Gasteiger partial charge in [-0.15, -0.1) is 11.3 Å². The molecule has 0 spiro atoms. The Morgan fingerprint density at radius 1 is 1.33 bits per heavy atom. The fourth-order valence-electron chi connectivity index (χ4n) is 3.93. The summed E-state index contributed by atoms with van der Waals surface area (Å²) in [7, 11) is 1.72. The number of rotatable bonds is 5. The second-order valence-corrected chi connectivity index (χ2v) is 9.40. The first kappa shape index (κ1) is 20.9. The second kappa shape index (κ2) is 8.43. The first-order chi connectivity index (χ1) is 14.4. The summed E-state index contributed by atoms with van der Waals surface area (Å²) in [6.07, 6.45) is 4.20. The Kier molecular flexibility index (Phi) is 5.88. The predicted molar refractivity (Wildman–Crippen MR) is 117 cm³/mol. The molecule has 1 atom stereocenters. The van der Waals surface area contributed by atoms with E-state index >= 15 is 0 Å². The standard InChI is InChI=1S/C20H24N4O4S2/c1-4-28-18(26)14-10(2)21-19(27)22-12(14)9-29-20-23-16-15(17(25)24(20)3)11-7-5-6-8-13(11)30-16/h10H,4-9H2,1-3H3,(H2,21,22,27). The number of nitrogens with one attached hydrogen (secondary N) is 2. The summed E-state index contributed by atoms with van der Waals surface area (Å²) >= 11 is 2.93. The van der Waals surface area contributed by atoms with Crippen LogP contribution < -0.4 is 16.2 Å². The number of thioether (sulfide) groups is 1. The van der Waals surface area contributed by atoms with Crippen LogP contribution in [0.5, 0.6) is 0 Å². The molecule has 0 saturated heterocycles. The molecular weight excluding hydrogens is 424 g/mol. The van der Waals surface area contributed by atoms with Crippen molar-refractivity contribution < 1.29 is 14.3 Å². The van der Waals surface area contributed by atoms with E-state index in [0.29, 0.717) is 22.2 Å². The van der Waals surface area contributed by atoms with Gasteiger partial charge < -0.3 is 15.4 Å². The zero-order valence-corrected chi connectivity index (χ0v) is 18.8. The highest BCUT2D eigenvalue weighted by Gasteiger charge is 2.30. The lowest BCUT2D eigenvalue weighted by atomic mass is 9.97. The number of hydrogen-bond donors (Lipinski definition) is 2. The first-order valence-corrected chi connectivity index (χ1v) is 11.8. The third-order valence-electron chi connectivity index (χ3n) is 5.37. The normalized spacial score (nSPS) is 18.8. The zero-order chi connectivity index (χ0) is 21.4. The first-order valence-electron chi connectivity index (χ1n) is 10.0. The maximum atomic E-state index is 13.0. The number of urea groups is 1. The van der Waals surface area contributed by atoms with Gasteiger partial charge in [-0.05, 0) is 45.1 Å². The smallest absolute Gasteiger partial charge is 0.337 e. The Bertz CT molecular complexity index is 1120. The summed E-state index contributed by atoms with van der Waals surface area (Å²) < 4.78 is 6.71. The lowest BCUT2D eigenvalue weighted by Crippen LogP contribution is -2.49. The van der Waals surface area contributed by atoms with Gasteiger partial charge in [-0.2, -0.15) is 0 Å². The van der Waals surface area contributed by atoms with E-state index in [0.717, 1.165) is 41.5 Å². The van der Waals surface area contributed by atoms with Gasteiger partial charge in [0, 0.05) is 23.4 Å². The number of hydrogen-bond acceptors (Lipinski definition) is 7. The molecule has 30 heavy (non-hydrogen) atoms. The van der Waals surface area contributed by atoms with E-state index in [1.807, 2.05) is 0 Å². The van der Waals surface area contributed by atoms with E-state index in [-0.39, 0.29) is 18.2 Å². The van der Waals surface area contributed by atoms with Crippen LogP contribution >= 0.6 is 23.1 Å². The van der Waals surface area contributed by atoms with Gasteiger partial charge in [-0.1, -0.05) is 11.8 Å². The molecule has 2 aliphatic rings. The highest BCUT2D eigenvalue weighted by atomic mass is 32.2. The van der Waals surface area contributed by atoms with Gasteiger partial charge in [0.05, 0.1) is 23.6 Å². The molecule has 0 bridgehead atoms. The van der Waals surface area contributed by atoms with Crippen molar-refractivity contribution in [3.05, 3.63) is 32.1 Å². The van der Waals surface area contributed by atoms with E-state index in [9.17, 15) is 14.4 Å². The number of thiophene rings is 1. The molecule has 0 saturated carbocycles. The van der Waals surface area contributed by atoms with Crippen molar-refractivity contribution >= 4 is 45.3 Å². The SMILES string of the molecule is CCOC(=O)C1=C(CSc2nc3sc4c(c3c(=O)n2C)CCCC4)NC(=O)NC1C. The highest BCUT2D eigenvalue weighted by Crippen LogP contribution is 2.34. The van der Waals surface area contributed by atoms with Crippen molar-refractivity contribution in [1.29, 1.82) is 0 Å². The number of ether oxygens (including phenoxy) is 1. The number of aromatic nitrogens is 2. The van der Waals surface area contributed by atoms with Crippen LogP contribution in [0.1, 0.15) is 37.1 Å². The fraction of sp³-hybridized carbons (Fsp3) is 0.500. The van der Waals surface area contributed by atoms with Crippen LogP contribution in [0.3, 0.4) is 0 Å². The predicted octanol–water partition coefficient (Wildman–Crippen LogP) is 2.48. The van der Waals surface area contributed by atoms with Crippen LogP contribution in [0.25, 0.3) is 10.2 Å². The number of nitrogens with zero attached hydrogens (tertiary/aromatic N) is 2. The van der Waals surface area contributed by atoms with Crippen molar-refractivity contribution in [2.75, 3.05) is 12.4 Å². The molecular formula is C20H24N4O4S2. The second-order valence-electron chi connectivity index (χ2n) is 7.37. The van der Waals surface area contributed by atoms with Crippen LogP contribution in [-0.4, -0.2) is 40.0 Å². The minimum absolute atomic E-state index is 0.0378. The van der Waals surface area contributed by atoms with Crippen molar-refractivity contribution in [3.63, 3.8) is 0 Å². The average molecular weight is 449 g/mol. The molecule has 160 valence electrons. The van der Waals surface area contributed by atoms with E-state index < -0.39 is 12.0 Å². The molecule has 0 aromatic carbocycles. The highest BCUT2D eigenvalue weighted by molar-refractivity contribution is 7.99. The summed E-state index contributed by atoms with van der Waals surface area (Å²) in [6, 6.07) is -0.828. The maximum Gasteiger partial charge on any atom is 0.337 e. The molecule has 4 rings (SSSR count). The summed E-state index contributed by atoms with van der Waals surface area (Å²) in [5.74, 6) is -0.167. The molecule has 1 aliphatic carbocycles. The van der Waals surface area contributed by atoms with Gasteiger partial charge >= 0.3 is 12.0 Å². The third-order valence-corrected chi connectivity index (χ3v) is 7.61. The molecule has 8 nitrogen and oxygen atoms in total. The molecule has 0 fully saturated rings. The molecule has 0 radical (unpaired) electrons. The lowest BCUT2D eigenvalue weighted by Gasteiger charge is -2.26. The quantitative estimate of drug-likeness (QED) is 0.414. The largest absolute Gasteiger partial charge is 0.463 e. The minimum Gasteiger partial charge on any atom is -0.463 e. The number of carbonyl (C=O) groups is 2. The zero-order valence-electron chi connectivity index (χ0n) is 17.2. The van der Waals surface area contributed by atoms with Crippen molar-refractivity contribution in [2.24, 2.45) is 7.05 Å². The Hall–Kier alpha value is -2.33. The number of esters is 1. The summed E-state index contributed by atoms with van der Waals surface area (Å²) in [6.45, 7) is 3.73. The van der Waals surface area contributed by atoms with Crippen LogP contribution in [-0.2, 0) is 29.4 Å². The molecule has 10 heteroatoms. The minimum atomic E-state index is -0.462. The summed E-state index contributed by atoms with van der Waals surface area (Å²) in [5, 5.41) is 6.70. The molecule has 1 aliphatic heterocycles. The maximum absolute atomic E-state index is 13.0. The van der Waals surface area contributed by atoms with Crippen molar-refractivity contribution in [2.45, 2.75) is 50.7 Å². The van der Waals surface area contributed by atoms with E-state index in [2.05, 4.69) is 10.6 Å². The molecule has 2 N–H and O–H groups in total. The van der Waals surface area contributed by atoms with Gasteiger partial charge in [0.15, 0.2) is 5.16 Å². The van der Waals surface area contributed by atoms with Gasteiger partial charge in [-0.25, -0.2) is 14.6 Å². The van der Waals surface area contributed by atoms with E-state index in [4.69, 9.17) is 9.72 Å². The number of amides is 2. The van der Waals surface area contributed by atoms with Crippen molar-refractivity contribution in [1.82, 2.24) is 20.2 Å². The fourth-order valence-corrected chi connectivity index (χ4v) is 6.17. The summed E-state index contributed by atoms with van der Waals surface area (Å²) in [4.78, 5) is 44.2. The molecule has 2 amide bonds. The number of carbonyl (C=O) groups excluding carboxylic acids is 2. The summed E-state index contributed by atoms with van der Waals surface area (Å²) in [5.41, 5.74) is 2.00. The third kappa shape index (κ3) is 3.74. The molecule has 2 aromatic rings. The van der Waals surface area contributed by atoms with Gasteiger partial charge in [0.1, 0.15) is 4.83 Å². The van der Waals surface area contributed by atoms with Gasteiger partial charge in [0.2, 0.25) is 0 Å². The Labute approximate surface area is 182 Å². The van der Waals surface area contributed by atoms with Crippen LogP contribution in [0.4, 0.5) is 4.79 Å². The van der Waals surface area contributed by atoms with Gasteiger partial charge in [0.25, 0.3) is 5.56 Å². The van der Waals surface area contributed by atoms with Crippen LogP contribution in [0, 0.1) is 0 Å². The lowest BCUT2D eigenvalue weighted by molar-refractivity contribution is -0.138. The Morgan fingerprint density at radius 3 is 2.87 bits per heavy atom. The average Bonchev–Trinajstić information content (AvgIpc) is 3.07. The van der Waals surface area contributed by atoms with E-state index in [1.165, 1.54) is 16.6 Å². The Morgan fingerprint density at radius 2 is 2.10 bits per heavy atom. The topological polar surface area (TPSA) is 102 Å². The van der Waals surface area contributed by atoms with Crippen molar-refractivity contribution in [3.8, 4) is 0 Å². The monoisotopic (exact) mass is 448 g/mol. The van der Waals surface area contributed by atoms with Crippen LogP contribution in [0.15, 0.2) is 21.2 Å².